The quantitative estimate of drug-likeness (QED) is 0.911. The van der Waals surface area contributed by atoms with Crippen LogP contribution in [0.4, 0.5) is 0 Å². The number of piperidine rings is 1. The van der Waals surface area contributed by atoms with Crippen molar-refractivity contribution in [3.8, 4) is 0 Å². The van der Waals surface area contributed by atoms with Gasteiger partial charge in [-0.2, -0.15) is 0 Å². The van der Waals surface area contributed by atoms with Crippen LogP contribution in [0.3, 0.4) is 0 Å². The van der Waals surface area contributed by atoms with Crippen LogP contribution in [-0.4, -0.2) is 29.1 Å². The number of likely N-dealkylation sites (tertiary alicyclic amines) is 1. The molecular formula is C15H23NO3. The van der Waals surface area contributed by atoms with Gasteiger partial charge in [-0.25, -0.2) is 4.79 Å². The van der Waals surface area contributed by atoms with Crippen molar-refractivity contribution in [1.82, 2.24) is 4.90 Å². The molecule has 4 nitrogen and oxygen atoms in total. The van der Waals surface area contributed by atoms with E-state index in [-0.39, 0.29) is 11.2 Å². The van der Waals surface area contributed by atoms with Crippen LogP contribution in [0, 0.1) is 0 Å². The first-order chi connectivity index (χ1) is 8.88. The Bertz CT molecular complexity index is 450. The molecule has 0 atom stereocenters. The van der Waals surface area contributed by atoms with Gasteiger partial charge in [-0.15, -0.1) is 0 Å². The Labute approximate surface area is 114 Å². The average Bonchev–Trinajstić information content (AvgIpc) is 2.74. The molecule has 2 rings (SSSR count). The summed E-state index contributed by atoms with van der Waals surface area (Å²) >= 11 is 0. The number of hydrogen-bond donors (Lipinski definition) is 1. The van der Waals surface area contributed by atoms with E-state index in [0.717, 1.165) is 24.4 Å². The van der Waals surface area contributed by atoms with E-state index in [1.807, 2.05) is 26.8 Å². The molecule has 106 valence electrons. The molecule has 19 heavy (non-hydrogen) atoms. The third kappa shape index (κ3) is 3.38. The first-order valence-electron chi connectivity index (χ1n) is 6.97. The van der Waals surface area contributed by atoms with Gasteiger partial charge in [0.15, 0.2) is 0 Å². The van der Waals surface area contributed by atoms with Crippen LogP contribution in [-0.2, 0) is 12.0 Å². The predicted octanol–water partition coefficient (Wildman–Crippen LogP) is 3.26. The van der Waals surface area contributed by atoms with Crippen LogP contribution < -0.4 is 0 Å². The number of furan rings is 1. The van der Waals surface area contributed by atoms with E-state index in [1.165, 1.54) is 19.3 Å². The number of carbonyl (C=O) groups is 1. The van der Waals surface area contributed by atoms with Crippen molar-refractivity contribution in [2.24, 2.45) is 0 Å². The first-order valence-corrected chi connectivity index (χ1v) is 6.97. The second-order valence-corrected chi connectivity index (χ2v) is 6.36. The third-order valence-corrected chi connectivity index (χ3v) is 3.59. The summed E-state index contributed by atoms with van der Waals surface area (Å²) in [5, 5.41) is 9.26. The summed E-state index contributed by atoms with van der Waals surface area (Å²) in [5.41, 5.74) is 0.643. The van der Waals surface area contributed by atoms with Gasteiger partial charge in [0, 0.05) is 17.5 Å². The zero-order chi connectivity index (χ0) is 14.0. The first kappa shape index (κ1) is 14.1. The molecule has 1 aromatic rings. The lowest BCUT2D eigenvalue weighted by Gasteiger charge is -2.25. The standard InChI is InChI=1S/C15H23NO3/c1-15(2,3)12-9-11(13(19-12)14(17)18)10-16-7-5-4-6-8-16/h9H,4-8,10H2,1-3H3,(H,17,18). The Kier molecular flexibility index (Phi) is 3.99. The molecule has 4 heteroatoms. The Morgan fingerprint density at radius 2 is 1.95 bits per heavy atom. The molecule has 1 saturated heterocycles. The molecule has 1 aliphatic rings. The van der Waals surface area contributed by atoms with Gasteiger partial charge in [-0.05, 0) is 32.0 Å². The van der Waals surface area contributed by atoms with Crippen LogP contribution in [0.25, 0.3) is 0 Å². The molecule has 2 heterocycles. The van der Waals surface area contributed by atoms with Crippen LogP contribution in [0.1, 0.15) is 61.9 Å². The molecule has 0 unspecified atom stereocenters. The van der Waals surface area contributed by atoms with Crippen molar-refractivity contribution in [2.75, 3.05) is 13.1 Å². The maximum atomic E-state index is 11.3. The summed E-state index contributed by atoms with van der Waals surface area (Å²) in [4.78, 5) is 13.6. The van der Waals surface area contributed by atoms with Crippen LogP contribution in [0.5, 0.6) is 0 Å². The minimum absolute atomic E-state index is 0.107. The number of carboxylic acids is 1. The van der Waals surface area contributed by atoms with Gasteiger partial charge in [0.2, 0.25) is 5.76 Å². The molecule has 0 saturated carbocycles. The number of carboxylic acid groups (broad SMARTS) is 1. The zero-order valence-electron chi connectivity index (χ0n) is 12.0. The lowest BCUT2D eigenvalue weighted by atomic mass is 9.93. The number of hydrogen-bond acceptors (Lipinski definition) is 3. The summed E-state index contributed by atoms with van der Waals surface area (Å²) in [7, 11) is 0. The Balaban J connectivity index is 2.22. The largest absolute Gasteiger partial charge is 0.475 e. The van der Waals surface area contributed by atoms with Crippen molar-refractivity contribution >= 4 is 5.97 Å². The van der Waals surface area contributed by atoms with Gasteiger partial charge < -0.3 is 9.52 Å². The fourth-order valence-electron chi connectivity index (χ4n) is 2.46. The Morgan fingerprint density at radius 1 is 1.32 bits per heavy atom. The molecule has 0 amide bonds. The SMILES string of the molecule is CC(C)(C)c1cc(CN2CCCCC2)c(C(=O)O)o1. The lowest BCUT2D eigenvalue weighted by Crippen LogP contribution is -2.29. The Hall–Kier alpha value is -1.29. The van der Waals surface area contributed by atoms with Crippen molar-refractivity contribution in [1.29, 1.82) is 0 Å². The van der Waals surface area contributed by atoms with Gasteiger partial charge in [0.05, 0.1) is 0 Å². The molecule has 0 aliphatic carbocycles. The van der Waals surface area contributed by atoms with Gasteiger partial charge in [0.1, 0.15) is 5.76 Å². The third-order valence-electron chi connectivity index (χ3n) is 3.59. The summed E-state index contributed by atoms with van der Waals surface area (Å²) in [6.45, 7) is 8.87. The second-order valence-electron chi connectivity index (χ2n) is 6.36. The van der Waals surface area contributed by atoms with Gasteiger partial charge in [0.25, 0.3) is 0 Å². The Morgan fingerprint density at radius 3 is 2.47 bits per heavy atom. The monoisotopic (exact) mass is 265 g/mol. The summed E-state index contributed by atoms with van der Waals surface area (Å²) in [6, 6.07) is 1.91. The van der Waals surface area contributed by atoms with E-state index in [4.69, 9.17) is 4.42 Å². The average molecular weight is 265 g/mol. The van der Waals surface area contributed by atoms with E-state index >= 15 is 0 Å². The molecule has 1 fully saturated rings. The zero-order valence-corrected chi connectivity index (χ0v) is 12.0. The summed E-state index contributed by atoms with van der Waals surface area (Å²) < 4.78 is 5.56. The maximum absolute atomic E-state index is 11.3. The van der Waals surface area contributed by atoms with Gasteiger partial charge in [-0.3, -0.25) is 4.90 Å². The molecule has 1 aliphatic heterocycles. The van der Waals surface area contributed by atoms with E-state index in [1.54, 1.807) is 0 Å². The van der Waals surface area contributed by atoms with Crippen molar-refractivity contribution in [3.63, 3.8) is 0 Å². The summed E-state index contributed by atoms with van der Waals surface area (Å²) in [6.07, 6.45) is 3.68. The van der Waals surface area contributed by atoms with E-state index < -0.39 is 5.97 Å². The smallest absolute Gasteiger partial charge is 0.372 e. The molecule has 0 bridgehead atoms. The minimum atomic E-state index is -0.970. The molecule has 1 aromatic heterocycles. The number of nitrogens with zero attached hydrogens (tertiary/aromatic N) is 1. The van der Waals surface area contributed by atoms with Crippen LogP contribution in [0.2, 0.25) is 0 Å². The number of rotatable bonds is 3. The highest BCUT2D eigenvalue weighted by atomic mass is 16.4. The lowest BCUT2D eigenvalue weighted by molar-refractivity contribution is 0.0655. The van der Waals surface area contributed by atoms with Crippen LogP contribution >= 0.6 is 0 Å². The predicted molar refractivity (Wildman–Crippen MR) is 73.5 cm³/mol. The van der Waals surface area contributed by atoms with Crippen molar-refractivity contribution in [2.45, 2.75) is 52.0 Å². The van der Waals surface area contributed by atoms with E-state index in [0.29, 0.717) is 6.54 Å². The normalized spacial score (nSPS) is 17.6. The highest BCUT2D eigenvalue weighted by Gasteiger charge is 2.25. The fraction of sp³-hybridized carbons (Fsp3) is 0.667. The molecule has 0 radical (unpaired) electrons. The number of aromatic carboxylic acids is 1. The molecule has 0 aromatic carbocycles. The van der Waals surface area contributed by atoms with Crippen LogP contribution in [0.15, 0.2) is 10.5 Å². The van der Waals surface area contributed by atoms with Gasteiger partial charge >= 0.3 is 5.97 Å². The second kappa shape index (κ2) is 5.37. The topological polar surface area (TPSA) is 53.7 Å². The maximum Gasteiger partial charge on any atom is 0.372 e. The van der Waals surface area contributed by atoms with Crippen molar-refractivity contribution < 1.29 is 14.3 Å². The molecular weight excluding hydrogens is 242 g/mol. The van der Waals surface area contributed by atoms with E-state index in [9.17, 15) is 9.90 Å². The van der Waals surface area contributed by atoms with E-state index in [2.05, 4.69) is 4.90 Å². The van der Waals surface area contributed by atoms with Gasteiger partial charge in [-0.1, -0.05) is 27.2 Å². The molecule has 0 spiro atoms. The highest BCUT2D eigenvalue weighted by Crippen LogP contribution is 2.28. The highest BCUT2D eigenvalue weighted by molar-refractivity contribution is 5.86. The minimum Gasteiger partial charge on any atom is -0.475 e. The summed E-state index contributed by atoms with van der Waals surface area (Å²) in [5.74, 6) is -0.116. The van der Waals surface area contributed by atoms with Crippen molar-refractivity contribution in [3.05, 3.63) is 23.2 Å². The molecule has 1 N–H and O–H groups in total. The fourth-order valence-corrected chi connectivity index (χ4v) is 2.46.